The predicted octanol–water partition coefficient (Wildman–Crippen LogP) is 4.43. The largest absolute Gasteiger partial charge is 0.318 e. The van der Waals surface area contributed by atoms with Crippen LogP contribution >= 0.6 is 0 Å². The van der Waals surface area contributed by atoms with Crippen molar-refractivity contribution in [1.29, 1.82) is 0 Å². The van der Waals surface area contributed by atoms with Gasteiger partial charge in [0.15, 0.2) is 0 Å². The third kappa shape index (κ3) is 3.41. The van der Waals surface area contributed by atoms with Gasteiger partial charge >= 0.3 is 0 Å². The number of fused-ring (bicyclic) bond motifs is 1. The van der Waals surface area contributed by atoms with Crippen LogP contribution in [0.15, 0.2) is 53.8 Å². The first kappa shape index (κ1) is 19.6. The maximum Gasteiger partial charge on any atom is 0.290 e. The van der Waals surface area contributed by atoms with Crippen molar-refractivity contribution >= 4 is 17.8 Å². The SMILES string of the molecule is Cc1ccc(C)c(-n2c(C)cc(/C=N\NC(=O)c3c(C)nc4ccccn34)c2C)c1. The first-order chi connectivity index (χ1) is 14.4. The smallest absolute Gasteiger partial charge is 0.290 e. The second-order valence-electron chi connectivity index (χ2n) is 7.63. The van der Waals surface area contributed by atoms with Crippen molar-refractivity contribution in [2.24, 2.45) is 5.10 Å². The second-order valence-corrected chi connectivity index (χ2v) is 7.63. The van der Waals surface area contributed by atoms with Crippen LogP contribution in [0.5, 0.6) is 0 Å². The standard InChI is InChI=1S/C24H25N5O/c1-15-9-10-16(2)21(12-15)29-17(3)13-20(19(29)5)14-25-27-24(30)23-18(4)26-22-8-6-7-11-28(22)23/h6-14H,1-5H3,(H,27,30)/b25-14-. The maximum atomic E-state index is 12.7. The summed E-state index contributed by atoms with van der Waals surface area (Å²) in [6.45, 7) is 10.2. The fourth-order valence-electron chi connectivity index (χ4n) is 3.85. The normalized spacial score (nSPS) is 11.5. The Hall–Kier alpha value is -3.67. The molecule has 3 heterocycles. The van der Waals surface area contributed by atoms with E-state index >= 15 is 0 Å². The molecule has 0 saturated carbocycles. The molecule has 1 aromatic carbocycles. The molecular weight excluding hydrogens is 374 g/mol. The maximum absolute atomic E-state index is 12.7. The van der Waals surface area contributed by atoms with Gasteiger partial charge in [-0.05, 0) is 70.0 Å². The molecular formula is C24H25N5O. The van der Waals surface area contributed by atoms with Crippen molar-refractivity contribution in [3.8, 4) is 5.69 Å². The molecule has 0 aliphatic rings. The van der Waals surface area contributed by atoms with E-state index in [0.717, 1.165) is 28.3 Å². The summed E-state index contributed by atoms with van der Waals surface area (Å²) in [6, 6.07) is 14.2. The number of hydrazone groups is 1. The number of nitrogens with one attached hydrogen (secondary N) is 1. The Morgan fingerprint density at radius 2 is 1.87 bits per heavy atom. The number of pyridine rings is 1. The third-order valence-electron chi connectivity index (χ3n) is 5.36. The second kappa shape index (κ2) is 7.63. The zero-order chi connectivity index (χ0) is 21.4. The summed E-state index contributed by atoms with van der Waals surface area (Å²) in [6.07, 6.45) is 3.52. The van der Waals surface area contributed by atoms with Crippen molar-refractivity contribution in [2.45, 2.75) is 34.6 Å². The number of hydrogen-bond acceptors (Lipinski definition) is 3. The summed E-state index contributed by atoms with van der Waals surface area (Å²) >= 11 is 0. The molecule has 3 aromatic heterocycles. The molecule has 0 aliphatic heterocycles. The van der Waals surface area contributed by atoms with Gasteiger partial charge in [-0.1, -0.05) is 18.2 Å². The van der Waals surface area contributed by atoms with Crippen molar-refractivity contribution < 1.29 is 4.79 Å². The lowest BCUT2D eigenvalue weighted by Crippen LogP contribution is -2.20. The lowest BCUT2D eigenvalue weighted by Gasteiger charge is -2.13. The Balaban J connectivity index is 1.60. The molecule has 152 valence electrons. The van der Waals surface area contributed by atoms with Gasteiger partial charge in [-0.3, -0.25) is 9.20 Å². The lowest BCUT2D eigenvalue weighted by molar-refractivity contribution is 0.0948. The molecule has 0 fully saturated rings. The zero-order valence-electron chi connectivity index (χ0n) is 17.9. The number of carbonyl (C=O) groups excluding carboxylic acids is 1. The van der Waals surface area contributed by atoms with E-state index in [9.17, 15) is 4.79 Å². The molecule has 0 aliphatic carbocycles. The minimum Gasteiger partial charge on any atom is -0.318 e. The summed E-state index contributed by atoms with van der Waals surface area (Å²) in [4.78, 5) is 17.1. The molecule has 1 N–H and O–H groups in total. The van der Waals surface area contributed by atoms with E-state index in [4.69, 9.17) is 0 Å². The first-order valence-electron chi connectivity index (χ1n) is 9.90. The Labute approximate surface area is 175 Å². The van der Waals surface area contributed by atoms with Gasteiger partial charge in [0.1, 0.15) is 11.3 Å². The van der Waals surface area contributed by atoms with Gasteiger partial charge in [-0.25, -0.2) is 10.4 Å². The Morgan fingerprint density at radius 1 is 1.07 bits per heavy atom. The average molecular weight is 399 g/mol. The highest BCUT2D eigenvalue weighted by Gasteiger charge is 2.16. The van der Waals surface area contributed by atoms with Crippen molar-refractivity contribution in [3.63, 3.8) is 0 Å². The van der Waals surface area contributed by atoms with E-state index in [1.165, 1.54) is 11.1 Å². The number of aromatic nitrogens is 3. The molecule has 0 spiro atoms. The highest BCUT2D eigenvalue weighted by Crippen LogP contribution is 2.23. The fourth-order valence-corrected chi connectivity index (χ4v) is 3.85. The van der Waals surface area contributed by atoms with E-state index in [2.05, 4.69) is 72.0 Å². The highest BCUT2D eigenvalue weighted by atomic mass is 16.2. The lowest BCUT2D eigenvalue weighted by atomic mass is 10.1. The van der Waals surface area contributed by atoms with Gasteiger partial charge < -0.3 is 4.57 Å². The number of rotatable bonds is 4. The van der Waals surface area contributed by atoms with Gasteiger partial charge in [0, 0.05) is 28.8 Å². The number of hydrogen-bond donors (Lipinski definition) is 1. The summed E-state index contributed by atoms with van der Waals surface area (Å²) in [5, 5.41) is 4.22. The number of aryl methyl sites for hydroxylation is 4. The van der Waals surface area contributed by atoms with Crippen LogP contribution in [0.25, 0.3) is 11.3 Å². The van der Waals surface area contributed by atoms with E-state index in [1.807, 2.05) is 31.3 Å². The molecule has 30 heavy (non-hydrogen) atoms. The van der Waals surface area contributed by atoms with Crippen molar-refractivity contribution in [1.82, 2.24) is 19.4 Å². The van der Waals surface area contributed by atoms with Gasteiger partial charge in [-0.2, -0.15) is 5.10 Å². The molecule has 0 unspecified atom stereocenters. The number of benzene rings is 1. The molecule has 1 amide bonds. The number of amides is 1. The van der Waals surface area contributed by atoms with Crippen LogP contribution in [0.2, 0.25) is 0 Å². The van der Waals surface area contributed by atoms with Gasteiger partial charge in [0.05, 0.1) is 11.9 Å². The van der Waals surface area contributed by atoms with E-state index < -0.39 is 0 Å². The van der Waals surface area contributed by atoms with Crippen LogP contribution in [0.1, 0.15) is 44.3 Å². The van der Waals surface area contributed by atoms with Crippen LogP contribution in [0, 0.1) is 34.6 Å². The number of imidazole rings is 1. The monoisotopic (exact) mass is 399 g/mol. The van der Waals surface area contributed by atoms with Crippen LogP contribution in [-0.2, 0) is 0 Å². The number of carbonyl (C=O) groups is 1. The average Bonchev–Trinajstić information content (AvgIpc) is 3.19. The van der Waals surface area contributed by atoms with Gasteiger partial charge in [-0.15, -0.1) is 0 Å². The molecule has 4 aromatic rings. The van der Waals surface area contributed by atoms with E-state index in [-0.39, 0.29) is 5.91 Å². The summed E-state index contributed by atoms with van der Waals surface area (Å²) in [5.74, 6) is -0.286. The minimum absolute atomic E-state index is 0.286. The number of nitrogens with zero attached hydrogens (tertiary/aromatic N) is 4. The quantitative estimate of drug-likeness (QED) is 0.408. The molecule has 6 nitrogen and oxygen atoms in total. The minimum atomic E-state index is -0.286. The van der Waals surface area contributed by atoms with E-state index in [1.54, 1.807) is 10.6 Å². The zero-order valence-corrected chi connectivity index (χ0v) is 17.9. The summed E-state index contributed by atoms with van der Waals surface area (Å²) in [5.41, 5.74) is 11.3. The topological polar surface area (TPSA) is 63.7 Å². The first-order valence-corrected chi connectivity index (χ1v) is 9.90. The third-order valence-corrected chi connectivity index (χ3v) is 5.36. The van der Waals surface area contributed by atoms with Crippen molar-refractivity contribution in [2.75, 3.05) is 0 Å². The van der Waals surface area contributed by atoms with Crippen LogP contribution in [0.3, 0.4) is 0 Å². The summed E-state index contributed by atoms with van der Waals surface area (Å²) < 4.78 is 3.99. The van der Waals surface area contributed by atoms with Gasteiger partial charge in [0.25, 0.3) is 5.91 Å². The summed E-state index contributed by atoms with van der Waals surface area (Å²) in [7, 11) is 0. The van der Waals surface area contributed by atoms with E-state index in [0.29, 0.717) is 11.4 Å². The highest BCUT2D eigenvalue weighted by molar-refractivity contribution is 5.95. The van der Waals surface area contributed by atoms with Crippen LogP contribution < -0.4 is 5.43 Å². The molecule has 0 saturated heterocycles. The van der Waals surface area contributed by atoms with Crippen LogP contribution in [0.4, 0.5) is 0 Å². The van der Waals surface area contributed by atoms with Crippen LogP contribution in [-0.4, -0.2) is 26.1 Å². The molecule has 0 atom stereocenters. The van der Waals surface area contributed by atoms with Crippen molar-refractivity contribution in [3.05, 3.63) is 88.1 Å². The fraction of sp³-hybridized carbons (Fsp3) is 0.208. The predicted molar refractivity (Wildman–Crippen MR) is 120 cm³/mol. The van der Waals surface area contributed by atoms with Gasteiger partial charge in [0.2, 0.25) is 0 Å². The molecule has 6 heteroatoms. The Morgan fingerprint density at radius 3 is 2.67 bits per heavy atom. The molecule has 4 rings (SSSR count). The molecule has 0 radical (unpaired) electrons. The Bertz CT molecular complexity index is 1290. The Kier molecular flexibility index (Phi) is 4.99. The molecule has 0 bridgehead atoms.